The van der Waals surface area contributed by atoms with Crippen molar-refractivity contribution in [3.8, 4) is 17.2 Å². The van der Waals surface area contributed by atoms with Gasteiger partial charge in [0.15, 0.2) is 5.60 Å². The maximum absolute atomic E-state index is 15.3. The molecule has 7 rings (SSSR count). The lowest BCUT2D eigenvalue weighted by atomic mass is 9.70. The lowest BCUT2D eigenvalue weighted by Crippen LogP contribution is -2.70. The molecule has 3 heterocycles. The van der Waals surface area contributed by atoms with Gasteiger partial charge in [-0.25, -0.2) is 8.78 Å². The second-order valence-electron chi connectivity index (χ2n) is 11.5. The predicted octanol–water partition coefficient (Wildman–Crippen LogP) is 3.60. The molecule has 3 amide bonds. The van der Waals surface area contributed by atoms with Crippen LogP contribution in [0, 0.1) is 23.2 Å². The summed E-state index contributed by atoms with van der Waals surface area (Å²) in [5.41, 5.74) is -0.277. The number of nitrogens with one attached hydrogen (secondary N) is 2. The largest absolute Gasteiger partial charge is 0.372 e. The number of piperidine rings is 3. The number of halogens is 3. The summed E-state index contributed by atoms with van der Waals surface area (Å²) in [5.74, 6) is -7.09. The van der Waals surface area contributed by atoms with Crippen molar-refractivity contribution in [3.63, 3.8) is 0 Å². The Bertz CT molecular complexity index is 1480. The maximum Gasteiger partial charge on any atom is 0.264 e. The quantitative estimate of drug-likeness (QED) is 0.468. The fourth-order valence-electron chi connectivity index (χ4n) is 7.19. The summed E-state index contributed by atoms with van der Waals surface area (Å²) in [6, 6.07) is 10.4. The van der Waals surface area contributed by atoms with Gasteiger partial charge in [0.1, 0.15) is 12.1 Å². The van der Waals surface area contributed by atoms with E-state index in [-0.39, 0.29) is 25.2 Å². The molecular weight excluding hydrogens is 598 g/mol. The number of nitrogens with zero attached hydrogens (tertiary/aromatic N) is 2. The molecule has 41 heavy (non-hydrogen) atoms. The number of alkyl halides is 2. The number of amides is 3. The summed E-state index contributed by atoms with van der Waals surface area (Å²) in [4.78, 5) is 41.7. The molecule has 5 aliphatic rings. The van der Waals surface area contributed by atoms with Crippen molar-refractivity contribution in [2.45, 2.75) is 68.2 Å². The van der Waals surface area contributed by atoms with E-state index in [0.29, 0.717) is 39.7 Å². The van der Waals surface area contributed by atoms with E-state index < -0.39 is 59.7 Å². The third kappa shape index (κ3) is 4.43. The number of carbonyl (C=O) groups is 3. The van der Waals surface area contributed by atoms with Gasteiger partial charge in [0.05, 0.1) is 12.0 Å². The molecule has 1 saturated carbocycles. The highest BCUT2D eigenvalue weighted by molar-refractivity contribution is 9.10. The lowest BCUT2D eigenvalue weighted by Gasteiger charge is -2.54. The molecule has 214 valence electrons. The third-order valence-corrected chi connectivity index (χ3v) is 9.61. The Kier molecular flexibility index (Phi) is 6.90. The zero-order valence-corrected chi connectivity index (χ0v) is 23.7. The van der Waals surface area contributed by atoms with Gasteiger partial charge in [-0.3, -0.25) is 14.4 Å². The Morgan fingerprint density at radius 1 is 1.17 bits per heavy atom. The smallest absolute Gasteiger partial charge is 0.264 e. The molecular formula is C30H29BrF2N4O4. The number of nitriles is 1. The van der Waals surface area contributed by atoms with E-state index in [0.717, 1.165) is 11.3 Å². The molecule has 3 aliphatic heterocycles. The first-order valence-electron chi connectivity index (χ1n) is 13.9. The Hall–Kier alpha value is -3.36. The summed E-state index contributed by atoms with van der Waals surface area (Å²) in [7, 11) is 0. The summed E-state index contributed by atoms with van der Waals surface area (Å²) in [6.07, 6.45) is 1.01. The Morgan fingerprint density at radius 3 is 2.66 bits per heavy atom. The van der Waals surface area contributed by atoms with Crippen molar-refractivity contribution in [1.29, 1.82) is 5.26 Å². The molecule has 0 radical (unpaired) electrons. The summed E-state index contributed by atoms with van der Waals surface area (Å²) < 4.78 is 31.2. The molecule has 3 N–H and O–H groups in total. The van der Waals surface area contributed by atoms with E-state index in [1.807, 2.05) is 6.07 Å². The average molecular weight is 627 g/mol. The van der Waals surface area contributed by atoms with Crippen LogP contribution in [-0.2, 0) is 20.0 Å². The summed E-state index contributed by atoms with van der Waals surface area (Å²) in [5, 5.41) is 27.3. The standard InChI is InChI=1S/C30H29BrF2N4O4/c31-17-7-9-21-20-5-1-2-6-22(20)30(41,24(21)13-17)28(40)37-19-8-10-23(29(32,33)14-19)25(37)27(39)36-18(15-34)12-16-4-3-11-35-26(16)38/h1-2,5-7,9,13,16,18-19,23,25,41H,3-4,8,10-12,14H2,(H,35,38)(H,36,39)/t16-,18+,19-,23-,25-,30+/m0/s1. The van der Waals surface area contributed by atoms with Crippen molar-refractivity contribution in [2.24, 2.45) is 11.8 Å². The van der Waals surface area contributed by atoms with Crippen LogP contribution in [0.25, 0.3) is 11.1 Å². The number of carbonyl (C=O) groups excluding carboxylic acids is 3. The van der Waals surface area contributed by atoms with Crippen LogP contribution in [0.1, 0.15) is 49.7 Å². The summed E-state index contributed by atoms with van der Waals surface area (Å²) in [6.45, 7) is 0.544. The molecule has 2 aromatic rings. The van der Waals surface area contributed by atoms with Gasteiger partial charge in [-0.1, -0.05) is 46.3 Å². The predicted molar refractivity (Wildman–Crippen MR) is 147 cm³/mol. The Labute approximate surface area is 244 Å². The fraction of sp³-hybridized carbons (Fsp3) is 0.467. The average Bonchev–Trinajstić information content (AvgIpc) is 3.21. The van der Waals surface area contributed by atoms with Gasteiger partial charge in [0.25, 0.3) is 11.8 Å². The molecule has 11 heteroatoms. The van der Waals surface area contributed by atoms with Gasteiger partial charge in [-0.2, -0.15) is 5.26 Å². The molecule has 3 saturated heterocycles. The number of hydrogen-bond acceptors (Lipinski definition) is 5. The zero-order chi connectivity index (χ0) is 29.1. The molecule has 0 spiro atoms. The number of benzene rings is 2. The first-order valence-corrected chi connectivity index (χ1v) is 14.7. The van der Waals surface area contributed by atoms with Crippen LogP contribution in [0.2, 0.25) is 0 Å². The van der Waals surface area contributed by atoms with Gasteiger partial charge in [-0.05, 0) is 55.4 Å². The van der Waals surface area contributed by atoms with Gasteiger partial charge in [0, 0.05) is 40.5 Å². The minimum atomic E-state index is -3.20. The molecule has 2 bridgehead atoms. The molecule has 4 fully saturated rings. The van der Waals surface area contributed by atoms with Crippen LogP contribution in [0.3, 0.4) is 0 Å². The normalized spacial score (nSPS) is 30.0. The molecule has 2 aromatic carbocycles. The SMILES string of the molecule is N#C[C@@H](C[C@@H]1CCCNC1=O)NC(=O)[C@@H]1[C@@H]2CC[C@@H](CC2(F)F)N1C(=O)[C@@]1(O)c2ccccc2-c2ccc(Br)cc21. The van der Waals surface area contributed by atoms with Gasteiger partial charge < -0.3 is 20.6 Å². The fourth-order valence-corrected chi connectivity index (χ4v) is 7.55. The summed E-state index contributed by atoms with van der Waals surface area (Å²) >= 11 is 3.41. The Balaban J connectivity index is 1.36. The highest BCUT2D eigenvalue weighted by atomic mass is 79.9. The monoisotopic (exact) mass is 626 g/mol. The first-order chi connectivity index (χ1) is 19.6. The second kappa shape index (κ2) is 10.2. The van der Waals surface area contributed by atoms with E-state index in [9.17, 15) is 24.8 Å². The van der Waals surface area contributed by atoms with Crippen LogP contribution >= 0.6 is 15.9 Å². The first kappa shape index (κ1) is 27.8. The van der Waals surface area contributed by atoms with Crippen LogP contribution in [0.4, 0.5) is 8.78 Å². The van der Waals surface area contributed by atoms with Gasteiger partial charge in [-0.15, -0.1) is 0 Å². The van der Waals surface area contributed by atoms with Crippen LogP contribution in [-0.4, -0.2) is 58.3 Å². The van der Waals surface area contributed by atoms with E-state index in [1.165, 1.54) is 0 Å². The minimum absolute atomic E-state index is 0.0267. The maximum atomic E-state index is 15.3. The molecule has 8 nitrogen and oxygen atoms in total. The van der Waals surface area contributed by atoms with Crippen LogP contribution in [0.5, 0.6) is 0 Å². The van der Waals surface area contributed by atoms with Crippen molar-refractivity contribution < 1.29 is 28.3 Å². The molecule has 2 aliphatic carbocycles. The van der Waals surface area contributed by atoms with Crippen LogP contribution in [0.15, 0.2) is 46.9 Å². The third-order valence-electron chi connectivity index (χ3n) is 9.12. The minimum Gasteiger partial charge on any atom is -0.372 e. The Morgan fingerprint density at radius 2 is 1.93 bits per heavy atom. The lowest BCUT2D eigenvalue weighted by molar-refractivity contribution is -0.201. The zero-order valence-electron chi connectivity index (χ0n) is 22.1. The number of rotatable bonds is 5. The molecule has 6 atom stereocenters. The van der Waals surface area contributed by atoms with Crippen molar-refractivity contribution in [3.05, 3.63) is 58.1 Å². The van der Waals surface area contributed by atoms with Crippen molar-refractivity contribution in [2.75, 3.05) is 6.54 Å². The second-order valence-corrected chi connectivity index (χ2v) is 12.4. The van der Waals surface area contributed by atoms with E-state index in [4.69, 9.17) is 0 Å². The number of aliphatic hydroxyl groups is 1. The highest BCUT2D eigenvalue weighted by Crippen LogP contribution is 2.54. The molecule has 0 aromatic heterocycles. The van der Waals surface area contributed by atoms with Gasteiger partial charge in [0.2, 0.25) is 11.8 Å². The molecule has 0 unspecified atom stereocenters. The number of hydrogen-bond donors (Lipinski definition) is 3. The van der Waals surface area contributed by atoms with Crippen molar-refractivity contribution in [1.82, 2.24) is 15.5 Å². The van der Waals surface area contributed by atoms with Crippen molar-refractivity contribution >= 4 is 33.7 Å². The topological polar surface area (TPSA) is 123 Å². The van der Waals surface area contributed by atoms with E-state index in [1.54, 1.807) is 42.5 Å². The van der Waals surface area contributed by atoms with Gasteiger partial charge >= 0.3 is 0 Å². The van der Waals surface area contributed by atoms with E-state index in [2.05, 4.69) is 26.6 Å². The van der Waals surface area contributed by atoms with E-state index >= 15 is 8.78 Å². The number of fused-ring (bicyclic) bond motifs is 6. The highest BCUT2D eigenvalue weighted by Gasteiger charge is 2.63. The van der Waals surface area contributed by atoms with Crippen LogP contribution < -0.4 is 10.6 Å².